The van der Waals surface area contributed by atoms with E-state index in [1.165, 1.54) is 0 Å². The number of hydrogen-bond acceptors (Lipinski definition) is 2. The second-order valence-electron chi connectivity index (χ2n) is 3.84. The number of nitrogens with zero attached hydrogens (tertiary/aromatic N) is 1. The van der Waals surface area contributed by atoms with Gasteiger partial charge in [0, 0.05) is 19.1 Å². The zero-order chi connectivity index (χ0) is 10.6. The number of hydrogen-bond donors (Lipinski definition) is 0. The Morgan fingerprint density at radius 1 is 1.36 bits per heavy atom. The summed E-state index contributed by atoms with van der Waals surface area (Å²) in [5.41, 5.74) is 7.48. The summed E-state index contributed by atoms with van der Waals surface area (Å²) in [6.07, 6.45) is 3.02. The highest BCUT2D eigenvalue weighted by Crippen LogP contribution is 2.14. The first kappa shape index (κ1) is 11.9. The van der Waals surface area contributed by atoms with Gasteiger partial charge >= 0.3 is 0 Å². The predicted molar refractivity (Wildman–Crippen MR) is 56.4 cm³/mol. The summed E-state index contributed by atoms with van der Waals surface area (Å²) in [5, 5.41) is 0. The molecular weight excluding hydrogens is 200 g/mol. The molecule has 0 aromatic heterocycles. The zero-order valence-electron chi connectivity index (χ0n) is 8.70. The molecule has 1 radical (unpaired) electrons. The van der Waals surface area contributed by atoms with Crippen LogP contribution >= 0.6 is 0 Å². The van der Waals surface area contributed by atoms with Crippen molar-refractivity contribution >= 4 is 10.0 Å². The first-order valence-corrected chi connectivity index (χ1v) is 6.86. The highest BCUT2D eigenvalue weighted by Gasteiger charge is 2.25. The van der Waals surface area contributed by atoms with Gasteiger partial charge < -0.3 is 0 Å². The van der Waals surface area contributed by atoms with Crippen molar-refractivity contribution in [3.05, 3.63) is 0 Å². The minimum absolute atomic E-state index is 0.0624. The Morgan fingerprint density at radius 2 is 1.93 bits per heavy atom. The van der Waals surface area contributed by atoms with Gasteiger partial charge in [-0.05, 0) is 19.3 Å². The number of nitrogens with one attached hydrogen (secondary N) is 1. The van der Waals surface area contributed by atoms with Crippen LogP contribution in [0.2, 0.25) is 0 Å². The fourth-order valence-corrected chi connectivity index (χ4v) is 3.27. The zero-order valence-corrected chi connectivity index (χ0v) is 9.52. The van der Waals surface area contributed by atoms with E-state index >= 15 is 0 Å². The summed E-state index contributed by atoms with van der Waals surface area (Å²) < 4.78 is 25.0. The Hall–Kier alpha value is -0.130. The fourth-order valence-electron chi connectivity index (χ4n) is 1.59. The molecule has 0 bridgehead atoms. The number of unbranched alkanes of at least 4 members (excludes halogenated alkanes) is 1. The molecule has 1 fully saturated rings. The molecule has 5 heteroatoms. The molecule has 4 nitrogen and oxygen atoms in total. The second-order valence-corrected chi connectivity index (χ2v) is 5.93. The Bertz CT molecular complexity index is 256. The van der Waals surface area contributed by atoms with Crippen LogP contribution in [0.15, 0.2) is 0 Å². The van der Waals surface area contributed by atoms with Crippen LogP contribution in [-0.2, 0) is 10.0 Å². The first-order valence-electron chi connectivity index (χ1n) is 5.25. The van der Waals surface area contributed by atoms with Crippen LogP contribution < -0.4 is 5.73 Å². The SMILES string of the molecule is CCCCS(=O)(=O)N1CCC([NH])CC1. The van der Waals surface area contributed by atoms with Crippen molar-refractivity contribution in [3.63, 3.8) is 0 Å². The Kier molecular flexibility index (Phi) is 4.34. The van der Waals surface area contributed by atoms with Crippen LogP contribution in [-0.4, -0.2) is 37.6 Å². The third kappa shape index (κ3) is 3.22. The lowest BCUT2D eigenvalue weighted by molar-refractivity contribution is 0.315. The van der Waals surface area contributed by atoms with Crippen LogP contribution in [0, 0.1) is 0 Å². The molecule has 1 aliphatic rings. The Labute approximate surface area is 86.5 Å². The number of piperidine rings is 1. The molecule has 0 spiro atoms. The van der Waals surface area contributed by atoms with Crippen LogP contribution in [0.3, 0.4) is 0 Å². The van der Waals surface area contributed by atoms with Crippen molar-refractivity contribution in [2.75, 3.05) is 18.8 Å². The van der Waals surface area contributed by atoms with E-state index in [0.717, 1.165) is 12.8 Å². The van der Waals surface area contributed by atoms with Crippen molar-refractivity contribution in [1.29, 1.82) is 0 Å². The molecule has 0 unspecified atom stereocenters. The van der Waals surface area contributed by atoms with E-state index in [9.17, 15) is 8.42 Å². The third-order valence-electron chi connectivity index (χ3n) is 2.60. The van der Waals surface area contributed by atoms with Crippen molar-refractivity contribution in [2.45, 2.75) is 38.6 Å². The molecule has 0 saturated carbocycles. The summed E-state index contributed by atoms with van der Waals surface area (Å²) in [7, 11) is -3.02. The van der Waals surface area contributed by atoms with Crippen molar-refractivity contribution in [2.24, 2.45) is 0 Å². The Morgan fingerprint density at radius 3 is 2.43 bits per heavy atom. The van der Waals surface area contributed by atoms with Crippen LogP contribution in [0.1, 0.15) is 32.6 Å². The molecule has 1 aliphatic heterocycles. The topological polar surface area (TPSA) is 61.2 Å². The molecule has 0 atom stereocenters. The van der Waals surface area contributed by atoms with E-state index in [-0.39, 0.29) is 11.8 Å². The molecular formula is C9H19N2O2S. The monoisotopic (exact) mass is 219 g/mol. The van der Waals surface area contributed by atoms with E-state index in [1.807, 2.05) is 6.92 Å². The lowest BCUT2D eigenvalue weighted by Gasteiger charge is -2.28. The van der Waals surface area contributed by atoms with E-state index in [0.29, 0.717) is 25.9 Å². The lowest BCUT2D eigenvalue weighted by atomic mass is 10.1. The molecule has 83 valence electrons. The van der Waals surface area contributed by atoms with Crippen LogP contribution in [0.25, 0.3) is 0 Å². The molecule has 1 N–H and O–H groups in total. The fraction of sp³-hybridized carbons (Fsp3) is 1.00. The average Bonchev–Trinajstić information content (AvgIpc) is 2.16. The quantitative estimate of drug-likeness (QED) is 0.704. The minimum Gasteiger partial charge on any atom is -0.254 e. The van der Waals surface area contributed by atoms with Gasteiger partial charge in [0.1, 0.15) is 0 Å². The first-order chi connectivity index (χ1) is 6.56. The van der Waals surface area contributed by atoms with E-state index in [2.05, 4.69) is 0 Å². The van der Waals surface area contributed by atoms with Gasteiger partial charge in [0.05, 0.1) is 5.75 Å². The average molecular weight is 219 g/mol. The van der Waals surface area contributed by atoms with Gasteiger partial charge in [-0.3, -0.25) is 5.73 Å². The van der Waals surface area contributed by atoms with Gasteiger partial charge in [-0.15, -0.1) is 0 Å². The molecule has 1 saturated heterocycles. The third-order valence-corrected chi connectivity index (χ3v) is 4.56. The molecule has 1 heterocycles. The van der Waals surface area contributed by atoms with Gasteiger partial charge in [0.25, 0.3) is 0 Å². The maximum atomic E-state index is 11.7. The predicted octanol–water partition coefficient (Wildman–Crippen LogP) is 0.864. The van der Waals surface area contributed by atoms with Gasteiger partial charge in [-0.1, -0.05) is 13.3 Å². The second kappa shape index (κ2) is 5.09. The Balaban J connectivity index is 2.47. The standard InChI is InChI=1S/C9H19N2O2S/c1-2-3-8-14(12,13)11-6-4-9(10)5-7-11/h9-10H,2-8H2,1H3. The highest BCUT2D eigenvalue weighted by atomic mass is 32.2. The summed E-state index contributed by atoms with van der Waals surface area (Å²) in [4.78, 5) is 0. The van der Waals surface area contributed by atoms with Gasteiger partial charge in [-0.2, -0.15) is 0 Å². The minimum atomic E-state index is -3.02. The lowest BCUT2D eigenvalue weighted by Crippen LogP contribution is -2.41. The molecule has 1 rings (SSSR count). The van der Waals surface area contributed by atoms with Crippen molar-refractivity contribution in [3.8, 4) is 0 Å². The summed E-state index contributed by atoms with van der Waals surface area (Å²) >= 11 is 0. The largest absolute Gasteiger partial charge is 0.254 e. The number of rotatable bonds is 4. The molecule has 0 amide bonds. The van der Waals surface area contributed by atoms with Gasteiger partial charge in [0.15, 0.2) is 0 Å². The molecule has 0 aromatic carbocycles. The van der Waals surface area contributed by atoms with Gasteiger partial charge in [-0.25, -0.2) is 12.7 Å². The van der Waals surface area contributed by atoms with Crippen LogP contribution in [0.5, 0.6) is 0 Å². The van der Waals surface area contributed by atoms with Crippen molar-refractivity contribution in [1.82, 2.24) is 10.0 Å². The number of sulfonamides is 1. The molecule has 14 heavy (non-hydrogen) atoms. The summed E-state index contributed by atoms with van der Waals surface area (Å²) in [6.45, 7) is 3.08. The summed E-state index contributed by atoms with van der Waals surface area (Å²) in [5.74, 6) is 0.270. The molecule has 0 aliphatic carbocycles. The highest BCUT2D eigenvalue weighted by molar-refractivity contribution is 7.89. The van der Waals surface area contributed by atoms with Crippen LogP contribution in [0.4, 0.5) is 0 Å². The van der Waals surface area contributed by atoms with E-state index in [1.54, 1.807) is 4.31 Å². The van der Waals surface area contributed by atoms with E-state index < -0.39 is 10.0 Å². The molecule has 0 aromatic rings. The maximum Gasteiger partial charge on any atom is 0.214 e. The maximum absolute atomic E-state index is 11.7. The van der Waals surface area contributed by atoms with Crippen molar-refractivity contribution < 1.29 is 8.42 Å². The normalized spacial score (nSPS) is 21.3. The van der Waals surface area contributed by atoms with E-state index in [4.69, 9.17) is 5.73 Å². The van der Waals surface area contributed by atoms with Gasteiger partial charge in [0.2, 0.25) is 10.0 Å². The smallest absolute Gasteiger partial charge is 0.214 e. The summed E-state index contributed by atoms with van der Waals surface area (Å²) in [6, 6.07) is -0.0624.